The third-order valence-electron chi connectivity index (χ3n) is 3.76. The van der Waals surface area contributed by atoms with Crippen molar-refractivity contribution in [3.8, 4) is 11.5 Å². The topological polar surface area (TPSA) is 59.9 Å². The van der Waals surface area contributed by atoms with Crippen LogP contribution in [-0.4, -0.2) is 25.3 Å². The Hall–Kier alpha value is -3.60. The predicted molar refractivity (Wildman–Crippen MR) is 107 cm³/mol. The number of benzene rings is 3. The number of amides is 1. The molecule has 0 aliphatic heterocycles. The van der Waals surface area contributed by atoms with E-state index in [2.05, 4.69) is 17.1 Å². The van der Waals surface area contributed by atoms with Gasteiger partial charge in [-0.3, -0.25) is 4.79 Å². The zero-order chi connectivity index (χ0) is 18.9. The Kier molecular flexibility index (Phi) is 6.20. The molecule has 5 heteroatoms. The van der Waals surface area contributed by atoms with E-state index in [1.165, 1.54) is 6.21 Å². The molecule has 0 aliphatic rings. The lowest BCUT2D eigenvalue weighted by molar-refractivity contribution is -0.123. The van der Waals surface area contributed by atoms with Crippen LogP contribution < -0.4 is 14.9 Å². The lowest BCUT2D eigenvalue weighted by Crippen LogP contribution is -2.24. The minimum absolute atomic E-state index is 0.121. The first-order valence-corrected chi connectivity index (χ1v) is 8.52. The van der Waals surface area contributed by atoms with Crippen molar-refractivity contribution in [1.29, 1.82) is 0 Å². The SMILES string of the molecule is C=CCOc1ccccc1/C=N\NC(=O)COc1ccc2ccccc2c1. The van der Waals surface area contributed by atoms with Crippen LogP contribution in [0.3, 0.4) is 0 Å². The summed E-state index contributed by atoms with van der Waals surface area (Å²) in [4.78, 5) is 11.9. The number of nitrogens with one attached hydrogen (secondary N) is 1. The fraction of sp³-hybridized carbons (Fsp3) is 0.0909. The molecule has 0 atom stereocenters. The molecule has 0 saturated carbocycles. The Morgan fingerprint density at radius 1 is 1.00 bits per heavy atom. The molecule has 0 spiro atoms. The van der Waals surface area contributed by atoms with Crippen LogP contribution in [0.2, 0.25) is 0 Å². The molecule has 136 valence electrons. The maximum Gasteiger partial charge on any atom is 0.277 e. The summed E-state index contributed by atoms with van der Waals surface area (Å²) >= 11 is 0. The number of nitrogens with zero attached hydrogens (tertiary/aromatic N) is 1. The summed E-state index contributed by atoms with van der Waals surface area (Å²) < 4.78 is 11.1. The lowest BCUT2D eigenvalue weighted by atomic mass is 10.1. The Bertz CT molecular complexity index is 966. The second-order valence-corrected chi connectivity index (χ2v) is 5.73. The number of carbonyl (C=O) groups excluding carboxylic acids is 1. The van der Waals surface area contributed by atoms with Crippen molar-refractivity contribution in [3.05, 3.63) is 84.9 Å². The summed E-state index contributed by atoms with van der Waals surface area (Å²) in [5.74, 6) is 0.961. The zero-order valence-corrected chi connectivity index (χ0v) is 14.8. The van der Waals surface area contributed by atoms with Crippen molar-refractivity contribution < 1.29 is 14.3 Å². The van der Waals surface area contributed by atoms with Crippen LogP contribution in [0.15, 0.2) is 84.5 Å². The highest BCUT2D eigenvalue weighted by atomic mass is 16.5. The molecule has 0 radical (unpaired) electrons. The van der Waals surface area contributed by atoms with E-state index in [-0.39, 0.29) is 12.5 Å². The van der Waals surface area contributed by atoms with Gasteiger partial charge in [0.15, 0.2) is 6.61 Å². The van der Waals surface area contributed by atoms with Crippen molar-refractivity contribution in [2.75, 3.05) is 13.2 Å². The number of para-hydroxylation sites is 1. The first kappa shape index (κ1) is 18.2. The normalized spacial score (nSPS) is 10.7. The molecule has 3 rings (SSSR count). The van der Waals surface area contributed by atoms with E-state index in [1.807, 2.05) is 66.7 Å². The highest BCUT2D eigenvalue weighted by Gasteiger charge is 2.03. The van der Waals surface area contributed by atoms with Gasteiger partial charge in [-0.15, -0.1) is 0 Å². The Labute approximate surface area is 157 Å². The summed E-state index contributed by atoms with van der Waals surface area (Å²) in [7, 11) is 0. The number of ether oxygens (including phenoxy) is 2. The Morgan fingerprint density at radius 2 is 1.78 bits per heavy atom. The van der Waals surface area contributed by atoms with E-state index >= 15 is 0 Å². The van der Waals surface area contributed by atoms with Crippen LogP contribution >= 0.6 is 0 Å². The largest absolute Gasteiger partial charge is 0.489 e. The Morgan fingerprint density at radius 3 is 2.63 bits per heavy atom. The standard InChI is InChI=1S/C22H20N2O3/c1-2-13-26-21-10-6-5-9-19(21)15-23-24-22(25)16-27-20-12-11-17-7-3-4-8-18(17)14-20/h2-12,14-15H,1,13,16H2,(H,24,25)/b23-15-. The molecule has 0 fully saturated rings. The van der Waals surface area contributed by atoms with Crippen LogP contribution in [-0.2, 0) is 4.79 Å². The van der Waals surface area contributed by atoms with Gasteiger partial charge in [0.1, 0.15) is 18.1 Å². The molecular weight excluding hydrogens is 340 g/mol. The van der Waals surface area contributed by atoms with Crippen molar-refractivity contribution in [3.63, 3.8) is 0 Å². The summed E-state index contributed by atoms with van der Waals surface area (Å²) in [5.41, 5.74) is 3.21. The van der Waals surface area contributed by atoms with E-state index in [4.69, 9.17) is 9.47 Å². The molecule has 0 aromatic heterocycles. The highest BCUT2D eigenvalue weighted by Crippen LogP contribution is 2.20. The fourth-order valence-corrected chi connectivity index (χ4v) is 2.48. The first-order chi connectivity index (χ1) is 13.3. The van der Waals surface area contributed by atoms with Crippen molar-refractivity contribution >= 4 is 22.9 Å². The summed E-state index contributed by atoms with van der Waals surface area (Å²) in [6, 6.07) is 21.1. The van der Waals surface area contributed by atoms with Crippen LogP contribution in [0.4, 0.5) is 0 Å². The maximum atomic E-state index is 11.9. The van der Waals surface area contributed by atoms with Gasteiger partial charge >= 0.3 is 0 Å². The van der Waals surface area contributed by atoms with E-state index in [9.17, 15) is 4.79 Å². The zero-order valence-electron chi connectivity index (χ0n) is 14.8. The number of hydrogen-bond donors (Lipinski definition) is 1. The lowest BCUT2D eigenvalue weighted by Gasteiger charge is -2.07. The fourth-order valence-electron chi connectivity index (χ4n) is 2.48. The number of fused-ring (bicyclic) bond motifs is 1. The molecule has 3 aromatic rings. The minimum atomic E-state index is -0.344. The smallest absolute Gasteiger partial charge is 0.277 e. The molecular formula is C22H20N2O3. The molecule has 0 heterocycles. The number of hydrogen-bond acceptors (Lipinski definition) is 4. The van der Waals surface area contributed by atoms with E-state index in [0.717, 1.165) is 16.3 Å². The third-order valence-corrected chi connectivity index (χ3v) is 3.76. The summed E-state index contributed by atoms with van der Waals surface area (Å²) in [5, 5.41) is 6.14. The number of hydrazone groups is 1. The van der Waals surface area contributed by atoms with Crippen LogP contribution in [0.1, 0.15) is 5.56 Å². The van der Waals surface area contributed by atoms with Gasteiger partial charge in [-0.1, -0.05) is 55.1 Å². The Balaban J connectivity index is 1.53. The molecule has 3 aromatic carbocycles. The molecule has 0 aliphatic carbocycles. The molecule has 0 saturated heterocycles. The molecule has 1 N–H and O–H groups in total. The monoisotopic (exact) mass is 360 g/mol. The van der Waals surface area contributed by atoms with Gasteiger partial charge in [0.2, 0.25) is 0 Å². The predicted octanol–water partition coefficient (Wildman–Crippen LogP) is 3.93. The summed E-state index contributed by atoms with van der Waals surface area (Å²) in [6.45, 7) is 3.90. The summed E-state index contributed by atoms with van der Waals surface area (Å²) in [6.07, 6.45) is 3.20. The quantitative estimate of drug-likeness (QED) is 0.376. The average Bonchev–Trinajstić information content (AvgIpc) is 2.71. The second-order valence-electron chi connectivity index (χ2n) is 5.73. The van der Waals surface area contributed by atoms with E-state index in [0.29, 0.717) is 18.1 Å². The number of rotatable bonds is 8. The van der Waals surface area contributed by atoms with Gasteiger partial charge in [-0.2, -0.15) is 5.10 Å². The van der Waals surface area contributed by atoms with Crippen LogP contribution in [0, 0.1) is 0 Å². The second kappa shape index (κ2) is 9.20. The molecule has 0 unspecified atom stereocenters. The van der Waals surface area contributed by atoms with Gasteiger partial charge in [-0.25, -0.2) is 5.43 Å². The maximum absolute atomic E-state index is 11.9. The van der Waals surface area contributed by atoms with Crippen molar-refractivity contribution in [1.82, 2.24) is 5.43 Å². The average molecular weight is 360 g/mol. The molecule has 0 bridgehead atoms. The molecule has 27 heavy (non-hydrogen) atoms. The third kappa shape index (κ3) is 5.19. The van der Waals surface area contributed by atoms with Gasteiger partial charge < -0.3 is 9.47 Å². The van der Waals surface area contributed by atoms with Crippen LogP contribution in [0.25, 0.3) is 10.8 Å². The highest BCUT2D eigenvalue weighted by molar-refractivity contribution is 5.86. The van der Waals surface area contributed by atoms with Gasteiger partial charge in [0.25, 0.3) is 5.91 Å². The van der Waals surface area contributed by atoms with Crippen molar-refractivity contribution in [2.24, 2.45) is 5.10 Å². The molecule has 5 nitrogen and oxygen atoms in total. The van der Waals surface area contributed by atoms with Crippen LogP contribution in [0.5, 0.6) is 11.5 Å². The first-order valence-electron chi connectivity index (χ1n) is 8.52. The van der Waals surface area contributed by atoms with Gasteiger partial charge in [0, 0.05) is 5.56 Å². The van der Waals surface area contributed by atoms with Gasteiger partial charge in [0.05, 0.1) is 6.21 Å². The molecule has 1 amide bonds. The van der Waals surface area contributed by atoms with Gasteiger partial charge in [-0.05, 0) is 35.0 Å². The minimum Gasteiger partial charge on any atom is -0.489 e. The number of carbonyl (C=O) groups is 1. The van der Waals surface area contributed by atoms with E-state index < -0.39 is 0 Å². The van der Waals surface area contributed by atoms with E-state index in [1.54, 1.807) is 6.08 Å². The van der Waals surface area contributed by atoms with Crippen molar-refractivity contribution in [2.45, 2.75) is 0 Å².